The van der Waals surface area contributed by atoms with Crippen LogP contribution in [0.2, 0.25) is 0 Å². The number of carbonyl (C=O) groups is 2. The van der Waals surface area contributed by atoms with Crippen LogP contribution in [-0.4, -0.2) is 54.8 Å². The van der Waals surface area contributed by atoms with Crippen molar-refractivity contribution < 1.29 is 19.4 Å². The van der Waals surface area contributed by atoms with Crippen LogP contribution in [0.5, 0.6) is 5.75 Å². The summed E-state index contributed by atoms with van der Waals surface area (Å²) in [6, 6.07) is 20.6. The zero-order valence-electron chi connectivity index (χ0n) is 21.4. The van der Waals surface area contributed by atoms with Gasteiger partial charge in [-0.05, 0) is 67.9 Å². The number of aromatic hydroxyl groups is 1. The van der Waals surface area contributed by atoms with Crippen LogP contribution in [0.25, 0.3) is 10.2 Å². The molecular weight excluding hydrogens is 500 g/mol. The van der Waals surface area contributed by atoms with E-state index in [1.54, 1.807) is 31.2 Å². The molecule has 1 amide bonds. The summed E-state index contributed by atoms with van der Waals surface area (Å²) in [5.74, 6) is -0.815. The third-order valence-corrected chi connectivity index (χ3v) is 7.68. The first-order valence-electron chi connectivity index (χ1n) is 12.7. The number of hydrogen-bond acceptors (Lipinski definition) is 8. The van der Waals surface area contributed by atoms with E-state index in [4.69, 9.17) is 4.74 Å². The average Bonchev–Trinajstić information content (AvgIpc) is 3.35. The number of phenolic OH excluding ortho intramolecular Hbond substituents is 1. The largest absolute Gasteiger partial charge is 0.508 e. The highest BCUT2D eigenvalue weighted by Crippen LogP contribution is 2.31. The summed E-state index contributed by atoms with van der Waals surface area (Å²) < 4.78 is 6.08. The Balaban J connectivity index is 1.23. The number of thiazole rings is 1. The predicted octanol–water partition coefficient (Wildman–Crippen LogP) is 5.25. The van der Waals surface area contributed by atoms with Crippen LogP contribution in [-0.2, 0) is 9.53 Å². The summed E-state index contributed by atoms with van der Waals surface area (Å²) in [5, 5.41) is 14.0. The molecule has 0 spiro atoms. The minimum Gasteiger partial charge on any atom is -0.508 e. The lowest BCUT2D eigenvalue weighted by molar-refractivity contribution is -0.117. The minimum absolute atomic E-state index is 0.133. The van der Waals surface area contributed by atoms with Crippen LogP contribution < -0.4 is 15.1 Å². The van der Waals surface area contributed by atoms with Gasteiger partial charge in [0.2, 0.25) is 5.91 Å². The number of esters is 1. The van der Waals surface area contributed by atoms with Gasteiger partial charge in [-0.3, -0.25) is 4.79 Å². The standard InChI is InChI=1S/C29H30N4O4S/c1-3-37-28(36)20-8-10-22(11-9-20)32-12-14-33(15-13-32)23-16-21(17-24(34)18-23)19(2)27(35)31-29-30-25-6-4-5-7-26(25)38-29/h4-11,16-19,34H,3,12-15H2,1-2H3,(H,30,31,35). The Morgan fingerprint density at radius 2 is 1.68 bits per heavy atom. The number of ether oxygens (including phenoxy) is 1. The van der Waals surface area contributed by atoms with Crippen LogP contribution >= 0.6 is 11.3 Å². The van der Waals surface area contributed by atoms with Gasteiger partial charge in [0, 0.05) is 43.6 Å². The van der Waals surface area contributed by atoms with E-state index in [-0.39, 0.29) is 17.6 Å². The number of aromatic nitrogens is 1. The van der Waals surface area contributed by atoms with E-state index in [1.165, 1.54) is 11.3 Å². The van der Waals surface area contributed by atoms with Crippen LogP contribution in [0.1, 0.15) is 35.7 Å². The van der Waals surface area contributed by atoms with E-state index in [2.05, 4.69) is 20.1 Å². The number of amides is 1. The molecule has 2 N–H and O–H groups in total. The van der Waals surface area contributed by atoms with E-state index in [0.717, 1.165) is 53.3 Å². The van der Waals surface area contributed by atoms with Gasteiger partial charge in [-0.15, -0.1) is 0 Å². The number of phenols is 1. The zero-order chi connectivity index (χ0) is 26.6. The monoisotopic (exact) mass is 530 g/mol. The van der Waals surface area contributed by atoms with Gasteiger partial charge in [0.25, 0.3) is 0 Å². The molecule has 0 bridgehead atoms. The van der Waals surface area contributed by atoms with Gasteiger partial charge < -0.3 is 25.0 Å². The summed E-state index contributed by atoms with van der Waals surface area (Å²) >= 11 is 1.44. The van der Waals surface area contributed by atoms with Crippen molar-refractivity contribution in [2.24, 2.45) is 0 Å². The second-order valence-electron chi connectivity index (χ2n) is 9.22. The van der Waals surface area contributed by atoms with Gasteiger partial charge in [0.1, 0.15) is 5.75 Å². The second kappa shape index (κ2) is 11.1. The fourth-order valence-corrected chi connectivity index (χ4v) is 5.46. The molecule has 0 aliphatic carbocycles. The lowest BCUT2D eigenvalue weighted by atomic mass is 9.99. The highest BCUT2D eigenvalue weighted by molar-refractivity contribution is 7.22. The summed E-state index contributed by atoms with van der Waals surface area (Å²) in [6.45, 7) is 7.07. The third-order valence-electron chi connectivity index (χ3n) is 6.73. The van der Waals surface area contributed by atoms with Crippen molar-refractivity contribution in [1.82, 2.24) is 4.98 Å². The number of para-hydroxylation sites is 1. The molecular formula is C29H30N4O4S. The molecule has 1 fully saturated rings. The molecule has 2 heterocycles. The van der Waals surface area contributed by atoms with E-state index < -0.39 is 5.92 Å². The van der Waals surface area contributed by atoms with E-state index in [1.807, 2.05) is 49.4 Å². The first kappa shape index (κ1) is 25.5. The molecule has 1 saturated heterocycles. The molecule has 1 atom stereocenters. The average molecular weight is 531 g/mol. The van der Waals surface area contributed by atoms with Gasteiger partial charge in [-0.1, -0.05) is 23.5 Å². The molecule has 1 unspecified atom stereocenters. The maximum atomic E-state index is 13.0. The number of nitrogens with zero attached hydrogens (tertiary/aromatic N) is 3. The number of hydrogen-bond donors (Lipinski definition) is 2. The van der Waals surface area contributed by atoms with Crippen LogP contribution in [0.15, 0.2) is 66.7 Å². The number of rotatable bonds is 7. The number of benzene rings is 3. The molecule has 8 nitrogen and oxygen atoms in total. The second-order valence-corrected chi connectivity index (χ2v) is 10.3. The third kappa shape index (κ3) is 5.57. The first-order valence-corrected chi connectivity index (χ1v) is 13.5. The Bertz CT molecular complexity index is 1410. The summed E-state index contributed by atoms with van der Waals surface area (Å²) in [5.41, 5.74) is 4.08. The molecule has 4 aromatic rings. The smallest absolute Gasteiger partial charge is 0.338 e. The van der Waals surface area contributed by atoms with Crippen LogP contribution in [0, 0.1) is 0 Å². The highest BCUT2D eigenvalue weighted by atomic mass is 32.1. The summed E-state index contributed by atoms with van der Waals surface area (Å²) in [7, 11) is 0. The Kier molecular flexibility index (Phi) is 7.46. The van der Waals surface area contributed by atoms with Gasteiger partial charge in [-0.2, -0.15) is 0 Å². The van der Waals surface area contributed by atoms with Crippen LogP contribution in [0.4, 0.5) is 16.5 Å². The minimum atomic E-state index is -0.466. The number of fused-ring (bicyclic) bond motifs is 1. The fourth-order valence-electron chi connectivity index (χ4n) is 4.59. The normalized spacial score (nSPS) is 14.4. The molecule has 1 aliphatic rings. The van der Waals surface area contributed by atoms with Crippen LogP contribution in [0.3, 0.4) is 0 Å². The Morgan fingerprint density at radius 3 is 2.37 bits per heavy atom. The number of nitrogens with one attached hydrogen (secondary N) is 1. The number of piperazine rings is 1. The first-order chi connectivity index (χ1) is 18.4. The van der Waals surface area contributed by atoms with E-state index in [9.17, 15) is 14.7 Å². The lowest BCUT2D eigenvalue weighted by Crippen LogP contribution is -2.46. The molecule has 0 radical (unpaired) electrons. The van der Waals surface area contributed by atoms with E-state index in [0.29, 0.717) is 17.3 Å². The Hall–Kier alpha value is -4.11. The number of anilines is 3. The fraction of sp³-hybridized carbons (Fsp3) is 0.276. The lowest BCUT2D eigenvalue weighted by Gasteiger charge is -2.37. The van der Waals surface area contributed by atoms with Gasteiger partial charge in [0.15, 0.2) is 5.13 Å². The molecule has 196 valence electrons. The quantitative estimate of drug-likeness (QED) is 0.315. The molecule has 9 heteroatoms. The molecule has 5 rings (SSSR count). The van der Waals surface area contributed by atoms with Gasteiger partial charge >= 0.3 is 5.97 Å². The van der Waals surface area contributed by atoms with Crippen molar-refractivity contribution in [3.05, 3.63) is 77.9 Å². The highest BCUT2D eigenvalue weighted by Gasteiger charge is 2.22. The molecule has 3 aromatic carbocycles. The zero-order valence-corrected chi connectivity index (χ0v) is 22.2. The van der Waals surface area contributed by atoms with Crippen molar-refractivity contribution >= 4 is 49.9 Å². The maximum Gasteiger partial charge on any atom is 0.338 e. The van der Waals surface area contributed by atoms with Gasteiger partial charge in [-0.25, -0.2) is 9.78 Å². The van der Waals surface area contributed by atoms with Crippen molar-refractivity contribution in [3.8, 4) is 5.75 Å². The molecule has 1 aliphatic heterocycles. The predicted molar refractivity (Wildman–Crippen MR) is 152 cm³/mol. The Morgan fingerprint density at radius 1 is 1.00 bits per heavy atom. The molecule has 0 saturated carbocycles. The van der Waals surface area contributed by atoms with Crippen molar-refractivity contribution in [2.45, 2.75) is 19.8 Å². The van der Waals surface area contributed by atoms with Crippen molar-refractivity contribution in [2.75, 3.05) is 47.9 Å². The maximum absolute atomic E-state index is 13.0. The SMILES string of the molecule is CCOC(=O)c1ccc(N2CCN(c3cc(O)cc(C(C)C(=O)Nc4nc5ccccc5s4)c3)CC2)cc1. The molecule has 1 aromatic heterocycles. The van der Waals surface area contributed by atoms with Crippen molar-refractivity contribution in [3.63, 3.8) is 0 Å². The summed E-state index contributed by atoms with van der Waals surface area (Å²) in [6.07, 6.45) is 0. The molecule has 38 heavy (non-hydrogen) atoms. The van der Waals surface area contributed by atoms with Crippen molar-refractivity contribution in [1.29, 1.82) is 0 Å². The summed E-state index contributed by atoms with van der Waals surface area (Å²) in [4.78, 5) is 33.9. The van der Waals surface area contributed by atoms with Gasteiger partial charge in [0.05, 0.1) is 28.3 Å². The number of carbonyl (C=O) groups excluding carboxylic acids is 2. The van der Waals surface area contributed by atoms with E-state index >= 15 is 0 Å². The topological polar surface area (TPSA) is 95.0 Å². The Labute approximate surface area is 225 Å².